The van der Waals surface area contributed by atoms with Crippen molar-refractivity contribution in [2.45, 2.75) is 20.8 Å². The van der Waals surface area contributed by atoms with E-state index in [-0.39, 0.29) is 0 Å². The highest BCUT2D eigenvalue weighted by Gasteiger charge is 1.68. The summed E-state index contributed by atoms with van der Waals surface area (Å²) in [5.41, 5.74) is 0. The lowest BCUT2D eigenvalue weighted by Crippen LogP contribution is -1.66. The molecule has 4 heavy (non-hydrogen) atoms. The maximum atomic E-state index is 2.17. The summed E-state index contributed by atoms with van der Waals surface area (Å²) in [5, 5.41) is 0. The fraction of sp³-hybridized carbons (Fsp3) is 1.00. The van der Waals surface area contributed by atoms with Crippen molar-refractivity contribution in [1.29, 1.82) is 0 Å². The second-order valence-electron chi connectivity index (χ2n) is 1.73. The van der Waals surface area contributed by atoms with Gasteiger partial charge in [-0.3, -0.25) is 0 Å². The monoisotopic (exact) mass is 60.1 g/mol. The van der Waals surface area contributed by atoms with Crippen LogP contribution in [-0.4, -0.2) is 0 Å². The standard InChI is InChI=1S/C4H10/c1-4(2)3/h4H,1-3H3/i1+1,2+1. The van der Waals surface area contributed by atoms with Gasteiger partial charge in [0.15, 0.2) is 0 Å². The molecule has 0 aliphatic carbocycles. The highest BCUT2D eigenvalue weighted by Crippen LogP contribution is 1.81. The summed E-state index contributed by atoms with van der Waals surface area (Å²) in [6, 6.07) is 0. The van der Waals surface area contributed by atoms with Crippen LogP contribution < -0.4 is 0 Å². The van der Waals surface area contributed by atoms with E-state index in [1.54, 1.807) is 0 Å². The highest BCUT2D eigenvalue weighted by atomic mass is 14.2. The average Bonchev–Trinajstić information content (AvgIpc) is 0.811. The van der Waals surface area contributed by atoms with Gasteiger partial charge in [0.2, 0.25) is 0 Å². The van der Waals surface area contributed by atoms with Crippen molar-refractivity contribution in [2.24, 2.45) is 5.92 Å². The van der Waals surface area contributed by atoms with Crippen LogP contribution >= 0.6 is 0 Å². The lowest BCUT2D eigenvalue weighted by molar-refractivity contribution is 0.737. The van der Waals surface area contributed by atoms with Gasteiger partial charge >= 0.3 is 0 Å². The summed E-state index contributed by atoms with van der Waals surface area (Å²) in [7, 11) is 0. The molecule has 0 nitrogen and oxygen atoms in total. The Bertz CT molecular complexity index is 4.75. The number of hydrogen-bond donors (Lipinski definition) is 0. The Balaban J connectivity index is 2.32. The van der Waals surface area contributed by atoms with Crippen molar-refractivity contribution in [3.05, 3.63) is 0 Å². The van der Waals surface area contributed by atoms with Crippen molar-refractivity contribution in [3.8, 4) is 0 Å². The van der Waals surface area contributed by atoms with Crippen LogP contribution in [-0.2, 0) is 0 Å². The van der Waals surface area contributed by atoms with E-state index in [0.717, 1.165) is 5.92 Å². The topological polar surface area (TPSA) is 0 Å². The SMILES string of the molecule is CC([13CH3])[13CH3]. The lowest BCUT2D eigenvalue weighted by atomic mass is 10.5. The Kier molecular flexibility index (Phi) is 1.33. The molecule has 0 atom stereocenters. The van der Waals surface area contributed by atoms with Crippen LogP contribution in [0.15, 0.2) is 0 Å². The zero-order valence-electron chi connectivity index (χ0n) is 3.58. The first-order chi connectivity index (χ1) is 1.73. The molecule has 0 bridgehead atoms. The molecule has 0 aliphatic heterocycles. The number of hydrogen-bond acceptors (Lipinski definition) is 0. The molecule has 0 aliphatic rings. The van der Waals surface area contributed by atoms with Gasteiger partial charge in [0.1, 0.15) is 0 Å². The Hall–Kier alpha value is 0. The summed E-state index contributed by atoms with van der Waals surface area (Å²) in [6.45, 7) is 6.50. The van der Waals surface area contributed by atoms with E-state index in [2.05, 4.69) is 20.8 Å². The van der Waals surface area contributed by atoms with Crippen molar-refractivity contribution in [1.82, 2.24) is 0 Å². The van der Waals surface area contributed by atoms with Gasteiger partial charge in [-0.1, -0.05) is 20.8 Å². The van der Waals surface area contributed by atoms with E-state index in [0.29, 0.717) is 0 Å². The normalized spacial score (nSPS) is 9.00. The molecule has 0 heteroatoms. The van der Waals surface area contributed by atoms with E-state index < -0.39 is 0 Å². The third kappa shape index (κ3) is 0. The summed E-state index contributed by atoms with van der Waals surface area (Å²) in [6.07, 6.45) is 0. The molecule has 0 radical (unpaired) electrons. The van der Waals surface area contributed by atoms with Gasteiger partial charge in [-0.15, -0.1) is 0 Å². The van der Waals surface area contributed by atoms with Gasteiger partial charge in [-0.2, -0.15) is 0 Å². The van der Waals surface area contributed by atoms with Gasteiger partial charge in [0, 0.05) is 0 Å². The molecule has 0 spiro atoms. The molecule has 0 heterocycles. The minimum atomic E-state index is 0.833. The molecular formula is C4H10. The molecule has 0 N–H and O–H groups in total. The third-order valence-corrected chi connectivity index (χ3v) is 0. The largest absolute Gasteiger partial charge is 0.0630 e. The lowest BCUT2D eigenvalue weighted by Gasteiger charge is -1.79. The maximum absolute atomic E-state index is 2.17. The van der Waals surface area contributed by atoms with Crippen LogP contribution in [0.25, 0.3) is 0 Å². The van der Waals surface area contributed by atoms with Crippen LogP contribution in [0.3, 0.4) is 0 Å². The quantitative estimate of drug-likeness (QED) is 0.373. The Morgan fingerprint density at radius 2 is 1.00 bits per heavy atom. The van der Waals surface area contributed by atoms with E-state index in [9.17, 15) is 0 Å². The summed E-state index contributed by atoms with van der Waals surface area (Å²) >= 11 is 0. The molecule has 0 amide bonds. The van der Waals surface area contributed by atoms with Crippen molar-refractivity contribution in [3.63, 3.8) is 0 Å². The molecule has 0 aromatic heterocycles. The Morgan fingerprint density at radius 3 is 1.00 bits per heavy atom. The van der Waals surface area contributed by atoms with E-state index in [4.69, 9.17) is 0 Å². The Labute approximate surface area is 27.8 Å². The first-order valence-electron chi connectivity index (χ1n) is 1.73. The van der Waals surface area contributed by atoms with Crippen molar-refractivity contribution < 1.29 is 0 Å². The minimum absolute atomic E-state index is 0.833. The molecule has 0 fully saturated rings. The zero-order chi connectivity index (χ0) is 3.58. The second kappa shape index (κ2) is 1.33. The predicted molar refractivity (Wildman–Crippen MR) is 20.5 cm³/mol. The fourth-order valence-corrected chi connectivity index (χ4v) is 0. The molecule has 0 unspecified atom stereocenters. The molecule has 0 aromatic carbocycles. The minimum Gasteiger partial charge on any atom is -0.0630 e. The molecule has 0 aromatic rings. The highest BCUT2D eigenvalue weighted by molar-refractivity contribution is 4.20. The summed E-state index contributed by atoms with van der Waals surface area (Å²) in [5.74, 6) is 0.833. The Morgan fingerprint density at radius 1 is 1.00 bits per heavy atom. The van der Waals surface area contributed by atoms with E-state index >= 15 is 0 Å². The van der Waals surface area contributed by atoms with Gasteiger partial charge in [0.25, 0.3) is 0 Å². The first-order valence-corrected chi connectivity index (χ1v) is 1.73. The van der Waals surface area contributed by atoms with Crippen molar-refractivity contribution in [2.75, 3.05) is 0 Å². The molecular weight excluding hydrogens is 50.0 g/mol. The average molecular weight is 60.1 g/mol. The van der Waals surface area contributed by atoms with Crippen molar-refractivity contribution >= 4 is 0 Å². The van der Waals surface area contributed by atoms with Crippen LogP contribution in [0.5, 0.6) is 0 Å². The molecule has 0 saturated heterocycles. The summed E-state index contributed by atoms with van der Waals surface area (Å²) in [4.78, 5) is 0. The summed E-state index contributed by atoms with van der Waals surface area (Å²) < 4.78 is 0. The van der Waals surface area contributed by atoms with Gasteiger partial charge in [-0.25, -0.2) is 0 Å². The third-order valence-electron chi connectivity index (χ3n) is 0. The van der Waals surface area contributed by atoms with Crippen LogP contribution in [0.2, 0.25) is 0 Å². The van der Waals surface area contributed by atoms with Gasteiger partial charge in [0.05, 0.1) is 0 Å². The maximum Gasteiger partial charge on any atom is -0.0500 e. The van der Waals surface area contributed by atoms with E-state index in [1.807, 2.05) is 0 Å². The second-order valence-corrected chi connectivity index (χ2v) is 1.73. The smallest absolute Gasteiger partial charge is 0.0500 e. The van der Waals surface area contributed by atoms with Crippen LogP contribution in [0.4, 0.5) is 0 Å². The predicted octanol–water partition coefficient (Wildman–Crippen LogP) is 1.66. The van der Waals surface area contributed by atoms with E-state index in [1.165, 1.54) is 0 Å². The van der Waals surface area contributed by atoms with Crippen LogP contribution in [0.1, 0.15) is 20.8 Å². The number of rotatable bonds is 0. The fourth-order valence-electron chi connectivity index (χ4n) is 0. The van der Waals surface area contributed by atoms with Gasteiger partial charge in [-0.05, 0) is 5.92 Å². The molecule has 26 valence electrons. The molecule has 0 rings (SSSR count). The van der Waals surface area contributed by atoms with Gasteiger partial charge < -0.3 is 0 Å². The van der Waals surface area contributed by atoms with Crippen LogP contribution in [0, 0.1) is 5.92 Å². The molecule has 0 saturated carbocycles. The zero-order valence-corrected chi connectivity index (χ0v) is 3.58. The first kappa shape index (κ1) is 4.00.